The van der Waals surface area contributed by atoms with E-state index in [-0.39, 0.29) is 10.8 Å². The molecule has 1 saturated heterocycles. The van der Waals surface area contributed by atoms with Gasteiger partial charge in [-0.25, -0.2) is 8.42 Å². The fourth-order valence-corrected chi connectivity index (χ4v) is 6.69. The van der Waals surface area contributed by atoms with E-state index in [9.17, 15) is 13.2 Å². The van der Waals surface area contributed by atoms with Crippen LogP contribution < -0.4 is 0 Å². The van der Waals surface area contributed by atoms with Crippen molar-refractivity contribution in [3.8, 4) is 0 Å². The van der Waals surface area contributed by atoms with Gasteiger partial charge in [-0.3, -0.25) is 4.79 Å². The molecule has 2 aromatic carbocycles. The average molecular weight is 429 g/mol. The molecule has 3 aromatic rings. The van der Waals surface area contributed by atoms with Crippen molar-refractivity contribution in [2.75, 3.05) is 13.1 Å². The standard InChI is InChI=1S/C20H20N4O3S2/c25-20(23-12-10-14-5-1-2-6-15(14)13-23)17-8-4-11-24(17)29(26,27)18-9-3-7-16-19(18)22-28-21-16/h1-3,5-7,9,17H,4,8,10-13H2. The zero-order valence-electron chi connectivity index (χ0n) is 15.7. The van der Waals surface area contributed by atoms with Gasteiger partial charge < -0.3 is 4.90 Å². The second kappa shape index (κ2) is 7.16. The predicted molar refractivity (Wildman–Crippen MR) is 110 cm³/mol. The minimum Gasteiger partial charge on any atom is -0.337 e. The van der Waals surface area contributed by atoms with Crippen molar-refractivity contribution in [3.63, 3.8) is 0 Å². The molecule has 0 bridgehead atoms. The molecule has 2 aliphatic heterocycles. The molecule has 2 aliphatic rings. The summed E-state index contributed by atoms with van der Waals surface area (Å²) in [5.74, 6) is -0.107. The Morgan fingerprint density at radius 1 is 1.03 bits per heavy atom. The summed E-state index contributed by atoms with van der Waals surface area (Å²) in [4.78, 5) is 15.2. The van der Waals surface area contributed by atoms with Gasteiger partial charge in [0.1, 0.15) is 22.0 Å². The summed E-state index contributed by atoms with van der Waals surface area (Å²) in [5.41, 5.74) is 3.33. The smallest absolute Gasteiger partial charge is 0.246 e. The highest BCUT2D eigenvalue weighted by Crippen LogP contribution is 2.31. The summed E-state index contributed by atoms with van der Waals surface area (Å²) < 4.78 is 36.5. The van der Waals surface area contributed by atoms with Crippen LogP contribution >= 0.6 is 11.7 Å². The van der Waals surface area contributed by atoms with E-state index in [0.717, 1.165) is 23.7 Å². The number of hydrogen-bond donors (Lipinski definition) is 0. The van der Waals surface area contributed by atoms with Gasteiger partial charge in [-0.05, 0) is 42.5 Å². The second-order valence-corrected chi connectivity index (χ2v) is 9.83. The molecule has 29 heavy (non-hydrogen) atoms. The number of fused-ring (bicyclic) bond motifs is 2. The first-order valence-electron chi connectivity index (χ1n) is 9.64. The van der Waals surface area contributed by atoms with Gasteiger partial charge in [0.15, 0.2) is 0 Å². The second-order valence-electron chi connectivity index (χ2n) is 7.44. The van der Waals surface area contributed by atoms with Gasteiger partial charge in [0, 0.05) is 19.6 Å². The molecule has 1 atom stereocenters. The quantitative estimate of drug-likeness (QED) is 0.640. The van der Waals surface area contributed by atoms with Crippen LogP contribution in [0.5, 0.6) is 0 Å². The zero-order valence-corrected chi connectivity index (χ0v) is 17.3. The first-order valence-corrected chi connectivity index (χ1v) is 11.8. The lowest BCUT2D eigenvalue weighted by Gasteiger charge is -2.33. The van der Waals surface area contributed by atoms with Gasteiger partial charge in [0.05, 0.1) is 11.7 Å². The number of hydrogen-bond acceptors (Lipinski definition) is 6. The maximum absolute atomic E-state index is 13.4. The number of amides is 1. The monoisotopic (exact) mass is 428 g/mol. The van der Waals surface area contributed by atoms with Gasteiger partial charge in [0.2, 0.25) is 15.9 Å². The summed E-state index contributed by atoms with van der Waals surface area (Å²) in [5, 5.41) is 0. The van der Waals surface area contributed by atoms with E-state index >= 15 is 0 Å². The number of carbonyl (C=O) groups excluding carboxylic acids is 1. The molecular weight excluding hydrogens is 408 g/mol. The van der Waals surface area contributed by atoms with Gasteiger partial charge in [-0.2, -0.15) is 13.1 Å². The van der Waals surface area contributed by atoms with E-state index in [0.29, 0.717) is 43.5 Å². The van der Waals surface area contributed by atoms with E-state index in [2.05, 4.69) is 14.8 Å². The van der Waals surface area contributed by atoms with Gasteiger partial charge in [-0.1, -0.05) is 30.3 Å². The summed E-state index contributed by atoms with van der Waals surface area (Å²) in [7, 11) is -3.84. The Morgan fingerprint density at radius 3 is 2.72 bits per heavy atom. The fraction of sp³-hybridized carbons (Fsp3) is 0.350. The molecule has 150 valence electrons. The van der Waals surface area contributed by atoms with Crippen LogP contribution in [0.25, 0.3) is 11.0 Å². The van der Waals surface area contributed by atoms with E-state index in [1.165, 1.54) is 9.87 Å². The van der Waals surface area contributed by atoms with Crippen LogP contribution in [0, 0.1) is 0 Å². The Balaban J connectivity index is 1.44. The Kier molecular flexibility index (Phi) is 4.60. The van der Waals surface area contributed by atoms with Crippen molar-refractivity contribution in [1.82, 2.24) is 18.0 Å². The molecule has 7 nitrogen and oxygen atoms in total. The molecular formula is C20H20N4O3S2. The lowest BCUT2D eigenvalue weighted by molar-refractivity contribution is -0.135. The highest BCUT2D eigenvalue weighted by atomic mass is 32.2. The minimum absolute atomic E-state index is 0.107. The van der Waals surface area contributed by atoms with Crippen molar-refractivity contribution < 1.29 is 13.2 Å². The Morgan fingerprint density at radius 2 is 1.86 bits per heavy atom. The predicted octanol–water partition coefficient (Wildman–Crippen LogP) is 2.43. The van der Waals surface area contributed by atoms with Crippen molar-refractivity contribution in [2.24, 2.45) is 0 Å². The topological polar surface area (TPSA) is 83.5 Å². The highest BCUT2D eigenvalue weighted by Gasteiger charge is 2.42. The normalized spacial score (nSPS) is 20.1. The first-order chi connectivity index (χ1) is 14.1. The fourth-order valence-electron chi connectivity index (χ4n) is 4.29. The molecule has 5 rings (SSSR count). The molecule has 3 heterocycles. The van der Waals surface area contributed by atoms with Crippen LogP contribution in [0.1, 0.15) is 24.0 Å². The van der Waals surface area contributed by atoms with Crippen molar-refractivity contribution in [2.45, 2.75) is 36.7 Å². The maximum atomic E-state index is 13.4. The van der Waals surface area contributed by atoms with Crippen LogP contribution in [-0.4, -0.2) is 51.4 Å². The maximum Gasteiger partial charge on any atom is 0.246 e. The Bertz CT molecular complexity index is 1190. The van der Waals surface area contributed by atoms with Crippen molar-refractivity contribution >= 4 is 38.7 Å². The number of aromatic nitrogens is 2. The minimum atomic E-state index is -3.84. The highest BCUT2D eigenvalue weighted by molar-refractivity contribution is 7.89. The number of nitrogens with zero attached hydrogens (tertiary/aromatic N) is 4. The molecule has 1 fully saturated rings. The third-order valence-electron chi connectivity index (χ3n) is 5.77. The van der Waals surface area contributed by atoms with Crippen LogP contribution in [0.2, 0.25) is 0 Å². The lowest BCUT2D eigenvalue weighted by atomic mass is 9.99. The molecule has 0 spiro atoms. The molecule has 0 radical (unpaired) electrons. The van der Waals surface area contributed by atoms with Gasteiger partial charge >= 0.3 is 0 Å². The van der Waals surface area contributed by atoms with Crippen LogP contribution in [0.4, 0.5) is 0 Å². The van der Waals surface area contributed by atoms with Gasteiger partial charge in [-0.15, -0.1) is 0 Å². The molecule has 1 aromatic heterocycles. The molecule has 1 unspecified atom stereocenters. The number of sulfonamides is 1. The summed E-state index contributed by atoms with van der Waals surface area (Å²) in [6.45, 7) is 1.49. The summed E-state index contributed by atoms with van der Waals surface area (Å²) >= 11 is 0.991. The summed E-state index contributed by atoms with van der Waals surface area (Å²) in [6.07, 6.45) is 2.01. The zero-order chi connectivity index (χ0) is 20.0. The van der Waals surface area contributed by atoms with Gasteiger partial charge in [0.25, 0.3) is 0 Å². The van der Waals surface area contributed by atoms with E-state index in [4.69, 9.17) is 0 Å². The largest absolute Gasteiger partial charge is 0.337 e. The lowest BCUT2D eigenvalue weighted by Crippen LogP contribution is -2.49. The molecule has 0 N–H and O–H groups in total. The SMILES string of the molecule is O=C(C1CCCN1S(=O)(=O)c1cccc2nsnc12)N1CCc2ccccc2C1. The Labute approximate surface area is 173 Å². The van der Waals surface area contributed by atoms with Crippen LogP contribution in [0.3, 0.4) is 0 Å². The number of rotatable bonds is 3. The van der Waals surface area contributed by atoms with Crippen LogP contribution in [0.15, 0.2) is 47.4 Å². The third kappa shape index (κ3) is 3.13. The third-order valence-corrected chi connectivity index (χ3v) is 8.25. The summed E-state index contributed by atoms with van der Waals surface area (Å²) in [6, 6.07) is 12.4. The van der Waals surface area contributed by atoms with E-state index < -0.39 is 16.1 Å². The number of carbonyl (C=O) groups is 1. The van der Waals surface area contributed by atoms with Crippen LogP contribution in [-0.2, 0) is 27.8 Å². The molecule has 0 saturated carbocycles. The molecule has 9 heteroatoms. The number of benzene rings is 2. The van der Waals surface area contributed by atoms with Crippen molar-refractivity contribution in [3.05, 3.63) is 53.6 Å². The van der Waals surface area contributed by atoms with E-state index in [1.54, 1.807) is 23.1 Å². The first kappa shape index (κ1) is 18.7. The molecule has 0 aliphatic carbocycles. The Hall–Kier alpha value is -2.36. The average Bonchev–Trinajstić information content (AvgIpc) is 3.42. The van der Waals surface area contributed by atoms with Crippen molar-refractivity contribution in [1.29, 1.82) is 0 Å². The molecule has 1 amide bonds. The van der Waals surface area contributed by atoms with E-state index in [1.807, 2.05) is 18.2 Å².